The highest BCUT2D eigenvalue weighted by atomic mass is 35.5. The fourth-order valence-corrected chi connectivity index (χ4v) is 1.71. The summed E-state index contributed by atoms with van der Waals surface area (Å²) in [7, 11) is 0. The standard InChI is InChI=1S/C11H14F3N3.ClH/c12-11(13,14)8-1-3-9(4-2-8)17-10-7-15-5-6-16-10;/h1-4,10,15-17H,5-7H2;1H. The minimum atomic E-state index is -4.27. The first-order valence-electron chi connectivity index (χ1n) is 5.43. The number of rotatable bonds is 2. The normalized spacial score (nSPS) is 20.1. The zero-order valence-electron chi connectivity index (χ0n) is 9.55. The molecule has 1 aliphatic rings. The molecule has 7 heteroatoms. The van der Waals surface area contributed by atoms with Gasteiger partial charge in [0.15, 0.2) is 0 Å². The number of nitrogens with one attached hydrogen (secondary N) is 3. The summed E-state index contributed by atoms with van der Waals surface area (Å²) in [6, 6.07) is 5.05. The van der Waals surface area contributed by atoms with Crippen LogP contribution in [-0.4, -0.2) is 25.8 Å². The second-order valence-corrected chi connectivity index (χ2v) is 3.93. The van der Waals surface area contributed by atoms with Gasteiger partial charge in [-0.2, -0.15) is 13.2 Å². The molecule has 3 nitrogen and oxygen atoms in total. The summed E-state index contributed by atoms with van der Waals surface area (Å²) in [5.41, 5.74) is 0.0528. The number of halogens is 4. The zero-order valence-corrected chi connectivity index (χ0v) is 10.4. The highest BCUT2D eigenvalue weighted by Crippen LogP contribution is 2.29. The van der Waals surface area contributed by atoms with E-state index in [0.717, 1.165) is 31.8 Å². The molecule has 1 aromatic carbocycles. The number of benzene rings is 1. The second-order valence-electron chi connectivity index (χ2n) is 3.93. The molecular weight excluding hydrogens is 267 g/mol. The largest absolute Gasteiger partial charge is 0.416 e. The van der Waals surface area contributed by atoms with E-state index in [1.54, 1.807) is 0 Å². The Hall–Kier alpha value is -0.980. The van der Waals surface area contributed by atoms with Crippen molar-refractivity contribution in [2.75, 3.05) is 25.0 Å². The second kappa shape index (κ2) is 6.26. The summed E-state index contributed by atoms with van der Waals surface area (Å²) >= 11 is 0. The summed E-state index contributed by atoms with van der Waals surface area (Å²) in [5, 5.41) is 9.52. The molecule has 1 atom stereocenters. The Bertz CT molecular complexity index is 361. The van der Waals surface area contributed by atoms with E-state index in [0.29, 0.717) is 5.69 Å². The number of anilines is 1. The van der Waals surface area contributed by atoms with Crippen LogP contribution in [0.1, 0.15) is 5.56 Å². The molecule has 0 saturated carbocycles. The van der Waals surface area contributed by atoms with E-state index < -0.39 is 11.7 Å². The molecule has 2 rings (SSSR count). The maximum Gasteiger partial charge on any atom is 0.416 e. The molecule has 1 aromatic rings. The van der Waals surface area contributed by atoms with Crippen LogP contribution in [0.3, 0.4) is 0 Å². The van der Waals surface area contributed by atoms with Crippen molar-refractivity contribution in [3.05, 3.63) is 29.8 Å². The third-order valence-electron chi connectivity index (χ3n) is 2.59. The van der Waals surface area contributed by atoms with Gasteiger partial charge < -0.3 is 10.6 Å². The van der Waals surface area contributed by atoms with Gasteiger partial charge in [0, 0.05) is 25.3 Å². The molecule has 1 unspecified atom stereocenters. The molecule has 0 aromatic heterocycles. The van der Waals surface area contributed by atoms with Gasteiger partial charge in [0.25, 0.3) is 0 Å². The molecular formula is C11H15ClF3N3. The Balaban J connectivity index is 0.00000162. The topological polar surface area (TPSA) is 36.1 Å². The lowest BCUT2D eigenvalue weighted by Gasteiger charge is -2.26. The lowest BCUT2D eigenvalue weighted by molar-refractivity contribution is -0.137. The Morgan fingerprint density at radius 3 is 2.28 bits per heavy atom. The van der Waals surface area contributed by atoms with Gasteiger partial charge in [0.2, 0.25) is 0 Å². The first-order valence-corrected chi connectivity index (χ1v) is 5.43. The highest BCUT2D eigenvalue weighted by molar-refractivity contribution is 5.85. The van der Waals surface area contributed by atoms with E-state index in [2.05, 4.69) is 16.0 Å². The van der Waals surface area contributed by atoms with Crippen LogP contribution in [0.4, 0.5) is 18.9 Å². The first kappa shape index (κ1) is 15.1. The van der Waals surface area contributed by atoms with E-state index in [1.807, 2.05) is 0 Å². The first-order chi connectivity index (χ1) is 8.05. The Morgan fingerprint density at radius 2 is 1.78 bits per heavy atom. The molecule has 0 bridgehead atoms. The van der Waals surface area contributed by atoms with Crippen molar-refractivity contribution in [1.29, 1.82) is 0 Å². The van der Waals surface area contributed by atoms with Crippen LogP contribution in [0.2, 0.25) is 0 Å². The molecule has 3 N–H and O–H groups in total. The average molecular weight is 282 g/mol. The molecule has 0 aliphatic carbocycles. The van der Waals surface area contributed by atoms with E-state index in [4.69, 9.17) is 0 Å². The number of alkyl halides is 3. The van der Waals surface area contributed by atoms with Crippen LogP contribution in [0, 0.1) is 0 Å². The number of hydrogen-bond donors (Lipinski definition) is 3. The van der Waals surface area contributed by atoms with Crippen molar-refractivity contribution in [1.82, 2.24) is 10.6 Å². The molecule has 1 saturated heterocycles. The van der Waals surface area contributed by atoms with Gasteiger partial charge in [-0.15, -0.1) is 12.4 Å². The van der Waals surface area contributed by atoms with Crippen LogP contribution < -0.4 is 16.0 Å². The molecule has 1 fully saturated rings. The molecule has 1 aliphatic heterocycles. The monoisotopic (exact) mass is 281 g/mol. The SMILES string of the molecule is Cl.FC(F)(F)c1ccc(NC2CNCCN2)cc1. The van der Waals surface area contributed by atoms with E-state index in [9.17, 15) is 13.2 Å². The Morgan fingerprint density at radius 1 is 1.11 bits per heavy atom. The Kier molecular flexibility index (Phi) is 5.25. The lowest BCUT2D eigenvalue weighted by Crippen LogP contribution is -2.52. The van der Waals surface area contributed by atoms with E-state index in [-0.39, 0.29) is 18.6 Å². The number of hydrogen-bond acceptors (Lipinski definition) is 3. The summed E-state index contributed by atoms with van der Waals surface area (Å²) in [6.45, 7) is 2.50. The van der Waals surface area contributed by atoms with Gasteiger partial charge in [-0.3, -0.25) is 5.32 Å². The average Bonchev–Trinajstić information content (AvgIpc) is 2.30. The minimum absolute atomic E-state index is 0. The quantitative estimate of drug-likeness (QED) is 0.777. The highest BCUT2D eigenvalue weighted by Gasteiger charge is 2.29. The fourth-order valence-electron chi connectivity index (χ4n) is 1.71. The summed E-state index contributed by atoms with van der Waals surface area (Å²) < 4.78 is 37.0. The van der Waals surface area contributed by atoms with Gasteiger partial charge in [-0.25, -0.2) is 0 Å². The minimum Gasteiger partial charge on any atom is -0.369 e. The zero-order chi connectivity index (χ0) is 12.3. The Labute approximate surface area is 110 Å². The van der Waals surface area contributed by atoms with Crippen molar-refractivity contribution in [3.8, 4) is 0 Å². The van der Waals surface area contributed by atoms with Crippen molar-refractivity contribution in [2.24, 2.45) is 0 Å². The third kappa shape index (κ3) is 4.04. The maximum absolute atomic E-state index is 12.3. The molecule has 0 radical (unpaired) electrons. The van der Waals surface area contributed by atoms with Crippen LogP contribution in [0.15, 0.2) is 24.3 Å². The van der Waals surface area contributed by atoms with Crippen LogP contribution >= 0.6 is 12.4 Å². The van der Waals surface area contributed by atoms with Crippen LogP contribution in [0.5, 0.6) is 0 Å². The van der Waals surface area contributed by atoms with Crippen molar-refractivity contribution >= 4 is 18.1 Å². The lowest BCUT2D eigenvalue weighted by atomic mass is 10.2. The fraction of sp³-hybridized carbons (Fsp3) is 0.455. The molecule has 0 spiro atoms. The maximum atomic E-state index is 12.3. The summed E-state index contributed by atoms with van der Waals surface area (Å²) in [4.78, 5) is 0. The summed E-state index contributed by atoms with van der Waals surface area (Å²) in [5.74, 6) is 0. The molecule has 1 heterocycles. The van der Waals surface area contributed by atoms with Gasteiger partial charge >= 0.3 is 6.18 Å². The molecule has 102 valence electrons. The van der Waals surface area contributed by atoms with Crippen LogP contribution in [-0.2, 0) is 6.18 Å². The van der Waals surface area contributed by atoms with Gasteiger partial charge in [-0.05, 0) is 24.3 Å². The predicted molar refractivity (Wildman–Crippen MR) is 67.0 cm³/mol. The smallest absolute Gasteiger partial charge is 0.369 e. The van der Waals surface area contributed by atoms with Crippen LogP contribution in [0.25, 0.3) is 0 Å². The van der Waals surface area contributed by atoms with Gasteiger partial charge in [0.05, 0.1) is 11.7 Å². The van der Waals surface area contributed by atoms with Gasteiger partial charge in [0.1, 0.15) is 0 Å². The van der Waals surface area contributed by atoms with E-state index >= 15 is 0 Å². The third-order valence-corrected chi connectivity index (χ3v) is 2.59. The van der Waals surface area contributed by atoms with E-state index in [1.165, 1.54) is 12.1 Å². The summed E-state index contributed by atoms with van der Waals surface area (Å²) in [6.07, 6.45) is -4.22. The number of piperazine rings is 1. The van der Waals surface area contributed by atoms with Gasteiger partial charge in [-0.1, -0.05) is 0 Å². The molecule has 0 amide bonds. The molecule has 18 heavy (non-hydrogen) atoms. The van der Waals surface area contributed by atoms with Crippen molar-refractivity contribution in [2.45, 2.75) is 12.3 Å². The predicted octanol–water partition coefficient (Wildman–Crippen LogP) is 2.06. The van der Waals surface area contributed by atoms with Crippen molar-refractivity contribution in [3.63, 3.8) is 0 Å². The van der Waals surface area contributed by atoms with Crippen molar-refractivity contribution < 1.29 is 13.2 Å².